The van der Waals surface area contributed by atoms with Gasteiger partial charge in [0.25, 0.3) is 0 Å². The van der Waals surface area contributed by atoms with Gasteiger partial charge in [0.05, 0.1) is 17.4 Å². The van der Waals surface area contributed by atoms with Gasteiger partial charge in [0, 0.05) is 12.2 Å². The molecule has 0 aromatic heterocycles. The average Bonchev–Trinajstić information content (AvgIpc) is 3.17. The largest absolute Gasteiger partial charge is 0.398 e. The maximum Gasteiger partial charge on any atom is 0.398 e. The second kappa shape index (κ2) is 5.21. The van der Waals surface area contributed by atoms with Crippen LogP contribution in [0.1, 0.15) is 18.4 Å². The van der Waals surface area contributed by atoms with Crippen LogP contribution in [0.3, 0.4) is 0 Å². The van der Waals surface area contributed by atoms with E-state index in [0.29, 0.717) is 11.3 Å². The van der Waals surface area contributed by atoms with Crippen molar-refractivity contribution in [2.75, 3.05) is 17.7 Å². The van der Waals surface area contributed by atoms with Gasteiger partial charge >= 0.3 is 6.18 Å². The Morgan fingerprint density at radius 2 is 1.84 bits per heavy atom. The smallest absolute Gasteiger partial charge is 0.390 e. The molecular weight excluding hydrogens is 279 g/mol. The molecule has 6 heteroatoms. The first-order chi connectivity index (χ1) is 8.89. The fourth-order valence-electron chi connectivity index (χ4n) is 2.06. The molecule has 1 unspecified atom stereocenters. The molecule has 0 bridgehead atoms. The molecule has 1 aliphatic rings. The molecule has 1 aromatic rings. The van der Waals surface area contributed by atoms with Crippen LogP contribution in [0.2, 0.25) is 0 Å². The zero-order chi connectivity index (χ0) is 14.1. The van der Waals surface area contributed by atoms with Crippen molar-refractivity contribution in [2.45, 2.75) is 30.5 Å². The predicted octanol–water partition coefficient (Wildman–Crippen LogP) is 3.29. The van der Waals surface area contributed by atoms with Crippen molar-refractivity contribution in [3.63, 3.8) is 0 Å². The van der Waals surface area contributed by atoms with E-state index in [1.165, 1.54) is 12.1 Å². The lowest BCUT2D eigenvalue weighted by atomic mass is 9.95. The van der Waals surface area contributed by atoms with E-state index >= 15 is 0 Å². The molecular formula is C13H15ClF3NO. The van der Waals surface area contributed by atoms with Gasteiger partial charge in [-0.2, -0.15) is 13.2 Å². The minimum atomic E-state index is -4.18. The molecule has 0 spiro atoms. The standard InChI is InChI=1S/C13H15ClF3NO/c14-7-11(19)8-18-10-3-1-9(2-4-10)12(5-6-12)13(15,16)17/h1-4,11,18-19H,5-8H2. The van der Waals surface area contributed by atoms with Crippen LogP contribution >= 0.6 is 11.6 Å². The Morgan fingerprint density at radius 3 is 2.26 bits per heavy atom. The maximum absolute atomic E-state index is 12.9. The fraction of sp³-hybridized carbons (Fsp3) is 0.538. The van der Waals surface area contributed by atoms with E-state index < -0.39 is 17.7 Å². The number of rotatable bonds is 5. The Labute approximate surface area is 114 Å². The highest BCUT2D eigenvalue weighted by Crippen LogP contribution is 2.58. The van der Waals surface area contributed by atoms with E-state index in [2.05, 4.69) is 5.32 Å². The molecule has 19 heavy (non-hydrogen) atoms. The highest BCUT2D eigenvalue weighted by Gasteiger charge is 2.64. The van der Waals surface area contributed by atoms with E-state index in [0.717, 1.165) is 0 Å². The molecule has 1 atom stereocenters. The molecule has 106 valence electrons. The molecule has 1 saturated carbocycles. The van der Waals surface area contributed by atoms with Gasteiger partial charge in [-0.15, -0.1) is 11.6 Å². The molecule has 0 heterocycles. The summed E-state index contributed by atoms with van der Waals surface area (Å²) in [7, 11) is 0. The highest BCUT2D eigenvalue weighted by molar-refractivity contribution is 6.18. The van der Waals surface area contributed by atoms with Crippen molar-refractivity contribution >= 4 is 17.3 Å². The van der Waals surface area contributed by atoms with E-state index in [-0.39, 0.29) is 25.3 Å². The number of aliphatic hydroxyl groups is 1. The monoisotopic (exact) mass is 293 g/mol. The van der Waals surface area contributed by atoms with Gasteiger partial charge in [0.2, 0.25) is 0 Å². The zero-order valence-electron chi connectivity index (χ0n) is 10.2. The topological polar surface area (TPSA) is 32.3 Å². The molecule has 0 amide bonds. The van der Waals surface area contributed by atoms with Crippen molar-refractivity contribution in [3.8, 4) is 0 Å². The summed E-state index contributed by atoms with van der Waals surface area (Å²) < 4.78 is 38.8. The SMILES string of the molecule is OC(CCl)CNc1ccc(C2(C(F)(F)F)CC2)cc1. The Balaban J connectivity index is 2.03. The Kier molecular flexibility index (Phi) is 3.97. The Bertz CT molecular complexity index is 429. The summed E-state index contributed by atoms with van der Waals surface area (Å²) in [6, 6.07) is 6.19. The first kappa shape index (κ1) is 14.5. The maximum atomic E-state index is 12.9. The lowest BCUT2D eigenvalue weighted by Gasteiger charge is -2.20. The zero-order valence-corrected chi connectivity index (χ0v) is 10.9. The van der Waals surface area contributed by atoms with Gasteiger partial charge in [-0.3, -0.25) is 0 Å². The van der Waals surface area contributed by atoms with Crippen molar-refractivity contribution < 1.29 is 18.3 Å². The summed E-state index contributed by atoms with van der Waals surface area (Å²) >= 11 is 5.45. The van der Waals surface area contributed by atoms with Gasteiger partial charge in [-0.05, 0) is 30.5 Å². The lowest BCUT2D eigenvalue weighted by Crippen LogP contribution is -2.28. The third-order valence-corrected chi connectivity index (χ3v) is 3.81. The van der Waals surface area contributed by atoms with Crippen LogP contribution in [0.5, 0.6) is 0 Å². The van der Waals surface area contributed by atoms with E-state index in [1.807, 2.05) is 0 Å². The van der Waals surface area contributed by atoms with Crippen LogP contribution < -0.4 is 5.32 Å². The van der Waals surface area contributed by atoms with Crippen LogP contribution in [0.4, 0.5) is 18.9 Å². The molecule has 1 aromatic carbocycles. The quantitative estimate of drug-likeness (QED) is 0.817. The minimum absolute atomic E-state index is 0.113. The summed E-state index contributed by atoms with van der Waals surface area (Å²) in [5.74, 6) is 0.113. The molecule has 2 nitrogen and oxygen atoms in total. The number of anilines is 1. The summed E-state index contributed by atoms with van der Waals surface area (Å²) in [6.07, 6.45) is -4.54. The second-order valence-corrected chi connectivity index (χ2v) is 5.15. The van der Waals surface area contributed by atoms with Crippen molar-refractivity contribution in [3.05, 3.63) is 29.8 Å². The number of benzene rings is 1. The number of aliphatic hydroxyl groups excluding tert-OH is 1. The van der Waals surface area contributed by atoms with Gasteiger partial charge in [-0.1, -0.05) is 12.1 Å². The molecule has 1 fully saturated rings. The van der Waals surface area contributed by atoms with Gasteiger partial charge in [-0.25, -0.2) is 0 Å². The van der Waals surface area contributed by atoms with E-state index in [9.17, 15) is 18.3 Å². The van der Waals surface area contributed by atoms with Gasteiger partial charge in [0.1, 0.15) is 0 Å². The predicted molar refractivity (Wildman–Crippen MR) is 68.6 cm³/mol. The normalized spacial score (nSPS) is 19.0. The van der Waals surface area contributed by atoms with Crippen LogP contribution in [0.25, 0.3) is 0 Å². The molecule has 0 aliphatic heterocycles. The third-order valence-electron chi connectivity index (χ3n) is 3.45. The van der Waals surface area contributed by atoms with Crippen molar-refractivity contribution in [1.29, 1.82) is 0 Å². The number of nitrogens with one attached hydrogen (secondary N) is 1. The van der Waals surface area contributed by atoms with Crippen LogP contribution in [0.15, 0.2) is 24.3 Å². The van der Waals surface area contributed by atoms with Crippen LogP contribution in [0, 0.1) is 0 Å². The Hall–Kier alpha value is -0.940. The van der Waals surface area contributed by atoms with E-state index in [4.69, 9.17) is 11.6 Å². The molecule has 2 rings (SSSR count). The van der Waals surface area contributed by atoms with E-state index in [1.54, 1.807) is 12.1 Å². The van der Waals surface area contributed by atoms with Crippen molar-refractivity contribution in [2.24, 2.45) is 0 Å². The summed E-state index contributed by atoms with van der Waals surface area (Å²) in [4.78, 5) is 0. The first-order valence-corrected chi connectivity index (χ1v) is 6.58. The Morgan fingerprint density at radius 1 is 1.26 bits per heavy atom. The fourth-order valence-corrected chi connectivity index (χ4v) is 2.17. The van der Waals surface area contributed by atoms with Gasteiger partial charge < -0.3 is 10.4 Å². The highest BCUT2D eigenvalue weighted by atomic mass is 35.5. The number of alkyl halides is 4. The van der Waals surface area contributed by atoms with Crippen LogP contribution in [-0.2, 0) is 5.41 Å². The average molecular weight is 294 g/mol. The number of hydrogen-bond acceptors (Lipinski definition) is 2. The number of halogens is 4. The minimum Gasteiger partial charge on any atom is -0.390 e. The number of hydrogen-bond donors (Lipinski definition) is 2. The lowest BCUT2D eigenvalue weighted by molar-refractivity contribution is -0.160. The molecule has 2 N–H and O–H groups in total. The summed E-state index contributed by atoms with van der Waals surface area (Å²) in [6.45, 7) is 0.271. The van der Waals surface area contributed by atoms with Crippen LogP contribution in [-0.4, -0.2) is 29.8 Å². The van der Waals surface area contributed by atoms with Crippen molar-refractivity contribution in [1.82, 2.24) is 0 Å². The second-order valence-electron chi connectivity index (χ2n) is 4.85. The summed E-state index contributed by atoms with van der Waals surface area (Å²) in [5.41, 5.74) is -0.657. The molecule has 1 aliphatic carbocycles. The molecule has 0 radical (unpaired) electrons. The molecule has 0 saturated heterocycles. The van der Waals surface area contributed by atoms with Gasteiger partial charge in [0.15, 0.2) is 0 Å². The third kappa shape index (κ3) is 2.98. The first-order valence-electron chi connectivity index (χ1n) is 6.04. The summed E-state index contributed by atoms with van der Waals surface area (Å²) in [5, 5.41) is 12.2.